The second-order valence-corrected chi connectivity index (χ2v) is 4.58. The fourth-order valence-electron chi connectivity index (χ4n) is 2.75. The lowest BCUT2D eigenvalue weighted by Gasteiger charge is -2.71. The Morgan fingerprint density at radius 2 is 1.78 bits per heavy atom. The summed E-state index contributed by atoms with van der Waals surface area (Å²) >= 11 is 3.57. The molecule has 3 saturated carbocycles. The SMILES string of the molecule is CCC12CC(CBr)(C1)C2. The van der Waals surface area contributed by atoms with Gasteiger partial charge in [-0.2, -0.15) is 0 Å². The van der Waals surface area contributed by atoms with E-state index in [-0.39, 0.29) is 0 Å². The van der Waals surface area contributed by atoms with Crippen LogP contribution in [0.4, 0.5) is 0 Å². The highest BCUT2D eigenvalue weighted by Crippen LogP contribution is 2.75. The van der Waals surface area contributed by atoms with Crippen LogP contribution in [-0.4, -0.2) is 5.33 Å². The van der Waals surface area contributed by atoms with Crippen LogP contribution in [0.3, 0.4) is 0 Å². The number of rotatable bonds is 2. The van der Waals surface area contributed by atoms with Crippen LogP contribution < -0.4 is 0 Å². The van der Waals surface area contributed by atoms with Crippen molar-refractivity contribution in [2.75, 3.05) is 5.33 Å². The second-order valence-electron chi connectivity index (χ2n) is 4.02. The molecule has 2 bridgehead atoms. The molecule has 0 aromatic rings. The number of hydrogen-bond acceptors (Lipinski definition) is 0. The van der Waals surface area contributed by atoms with Crippen LogP contribution in [0.25, 0.3) is 0 Å². The maximum Gasteiger partial charge on any atom is 0.00885 e. The van der Waals surface area contributed by atoms with E-state index in [1.165, 1.54) is 31.0 Å². The van der Waals surface area contributed by atoms with Crippen LogP contribution in [0, 0.1) is 10.8 Å². The molecule has 0 heterocycles. The van der Waals surface area contributed by atoms with Crippen LogP contribution in [0.2, 0.25) is 0 Å². The average molecular weight is 189 g/mol. The van der Waals surface area contributed by atoms with Gasteiger partial charge in [-0.3, -0.25) is 0 Å². The van der Waals surface area contributed by atoms with Crippen molar-refractivity contribution in [1.82, 2.24) is 0 Å². The van der Waals surface area contributed by atoms with Crippen molar-refractivity contribution in [3.63, 3.8) is 0 Å². The molecular formula is C8H13Br. The summed E-state index contributed by atoms with van der Waals surface area (Å²) in [6.45, 7) is 2.33. The third kappa shape index (κ3) is 0.594. The van der Waals surface area contributed by atoms with Crippen molar-refractivity contribution in [3.8, 4) is 0 Å². The molecular weight excluding hydrogens is 176 g/mol. The summed E-state index contributed by atoms with van der Waals surface area (Å²) in [5, 5.41) is 1.25. The van der Waals surface area contributed by atoms with E-state index in [9.17, 15) is 0 Å². The highest BCUT2D eigenvalue weighted by atomic mass is 79.9. The molecule has 0 aliphatic heterocycles. The predicted molar refractivity (Wildman–Crippen MR) is 42.8 cm³/mol. The van der Waals surface area contributed by atoms with E-state index in [2.05, 4.69) is 22.9 Å². The second kappa shape index (κ2) is 1.55. The molecule has 0 aromatic heterocycles. The first kappa shape index (κ1) is 6.21. The molecule has 0 aromatic carbocycles. The Kier molecular flexibility index (Phi) is 1.07. The summed E-state index contributed by atoms with van der Waals surface area (Å²) in [5.41, 5.74) is 1.63. The van der Waals surface area contributed by atoms with E-state index < -0.39 is 0 Å². The van der Waals surface area contributed by atoms with Crippen molar-refractivity contribution in [2.24, 2.45) is 10.8 Å². The van der Waals surface area contributed by atoms with Crippen LogP contribution in [-0.2, 0) is 0 Å². The lowest BCUT2D eigenvalue weighted by atomic mass is 9.35. The molecule has 0 atom stereocenters. The molecule has 0 N–H and O–H groups in total. The van der Waals surface area contributed by atoms with Gasteiger partial charge in [0.05, 0.1) is 0 Å². The molecule has 0 amide bonds. The van der Waals surface area contributed by atoms with Gasteiger partial charge in [0.1, 0.15) is 0 Å². The highest BCUT2D eigenvalue weighted by molar-refractivity contribution is 9.09. The number of hydrogen-bond donors (Lipinski definition) is 0. The lowest BCUT2D eigenvalue weighted by molar-refractivity contribution is -0.187. The van der Waals surface area contributed by atoms with Crippen molar-refractivity contribution < 1.29 is 0 Å². The average Bonchev–Trinajstić information content (AvgIpc) is 1.62. The van der Waals surface area contributed by atoms with Crippen LogP contribution in [0.1, 0.15) is 32.6 Å². The molecule has 0 saturated heterocycles. The molecule has 9 heavy (non-hydrogen) atoms. The van der Waals surface area contributed by atoms with Crippen molar-refractivity contribution in [2.45, 2.75) is 32.6 Å². The largest absolute Gasteiger partial charge is 0.0922 e. The zero-order chi connectivity index (χ0) is 6.54. The Balaban J connectivity index is 1.96. The van der Waals surface area contributed by atoms with E-state index in [1.807, 2.05) is 0 Å². The summed E-state index contributed by atoms with van der Waals surface area (Å²) < 4.78 is 0. The fourth-order valence-corrected chi connectivity index (χ4v) is 3.34. The van der Waals surface area contributed by atoms with Crippen molar-refractivity contribution >= 4 is 15.9 Å². The van der Waals surface area contributed by atoms with Gasteiger partial charge in [-0.25, -0.2) is 0 Å². The molecule has 0 unspecified atom stereocenters. The normalized spacial score (nSPS) is 54.0. The Hall–Kier alpha value is 0.480. The van der Waals surface area contributed by atoms with Gasteiger partial charge in [0.2, 0.25) is 0 Å². The van der Waals surface area contributed by atoms with E-state index >= 15 is 0 Å². The standard InChI is InChI=1S/C8H13Br/c1-2-7-3-8(4-7,5-7)6-9/h2-6H2,1H3. The van der Waals surface area contributed by atoms with Crippen molar-refractivity contribution in [3.05, 3.63) is 0 Å². The first-order valence-electron chi connectivity index (χ1n) is 3.80. The third-order valence-corrected chi connectivity index (χ3v) is 4.47. The van der Waals surface area contributed by atoms with Gasteiger partial charge in [0.15, 0.2) is 0 Å². The summed E-state index contributed by atoms with van der Waals surface area (Å²) in [7, 11) is 0. The molecule has 0 nitrogen and oxygen atoms in total. The number of halogens is 1. The number of alkyl halides is 1. The highest BCUT2D eigenvalue weighted by Gasteiger charge is 2.65. The minimum absolute atomic E-state index is 0.788. The van der Waals surface area contributed by atoms with Crippen LogP contribution in [0.15, 0.2) is 0 Å². The van der Waals surface area contributed by atoms with Crippen molar-refractivity contribution in [1.29, 1.82) is 0 Å². The minimum atomic E-state index is 0.788. The summed E-state index contributed by atoms with van der Waals surface area (Å²) in [5.74, 6) is 0. The van der Waals surface area contributed by atoms with Gasteiger partial charge in [0.25, 0.3) is 0 Å². The van der Waals surface area contributed by atoms with E-state index in [4.69, 9.17) is 0 Å². The smallest absolute Gasteiger partial charge is 0.00885 e. The molecule has 0 radical (unpaired) electrons. The van der Waals surface area contributed by atoms with Gasteiger partial charge in [-0.05, 0) is 30.1 Å². The van der Waals surface area contributed by atoms with Gasteiger partial charge < -0.3 is 0 Å². The first-order valence-corrected chi connectivity index (χ1v) is 4.92. The summed E-state index contributed by atoms with van der Waals surface area (Å²) in [6.07, 6.45) is 5.97. The molecule has 52 valence electrons. The maximum atomic E-state index is 3.57. The van der Waals surface area contributed by atoms with Gasteiger partial charge in [-0.1, -0.05) is 29.3 Å². The van der Waals surface area contributed by atoms with Gasteiger partial charge in [-0.15, -0.1) is 0 Å². The molecule has 3 fully saturated rings. The quantitative estimate of drug-likeness (QED) is 0.586. The zero-order valence-corrected chi connectivity index (χ0v) is 7.50. The van der Waals surface area contributed by atoms with E-state index in [1.54, 1.807) is 0 Å². The molecule has 1 heteroatoms. The molecule has 3 aliphatic rings. The van der Waals surface area contributed by atoms with E-state index in [0.717, 1.165) is 10.8 Å². The Bertz CT molecular complexity index is 106. The van der Waals surface area contributed by atoms with Crippen LogP contribution >= 0.6 is 15.9 Å². The summed E-state index contributed by atoms with van der Waals surface area (Å²) in [4.78, 5) is 0. The first-order chi connectivity index (χ1) is 4.24. The topological polar surface area (TPSA) is 0 Å². The summed E-state index contributed by atoms with van der Waals surface area (Å²) in [6, 6.07) is 0. The minimum Gasteiger partial charge on any atom is -0.0922 e. The monoisotopic (exact) mass is 188 g/mol. The fraction of sp³-hybridized carbons (Fsp3) is 1.00. The van der Waals surface area contributed by atoms with Gasteiger partial charge in [0, 0.05) is 5.33 Å². The van der Waals surface area contributed by atoms with E-state index in [0.29, 0.717) is 0 Å². The Morgan fingerprint density at radius 3 is 2.11 bits per heavy atom. The molecule has 0 spiro atoms. The maximum absolute atomic E-state index is 3.57. The lowest BCUT2D eigenvalue weighted by Crippen LogP contribution is -2.62. The molecule has 3 aliphatic carbocycles. The zero-order valence-electron chi connectivity index (χ0n) is 5.91. The van der Waals surface area contributed by atoms with Crippen LogP contribution in [0.5, 0.6) is 0 Å². The Labute approximate surface area is 65.1 Å². The molecule has 3 rings (SSSR count). The predicted octanol–water partition coefficient (Wildman–Crippen LogP) is 2.96. The Morgan fingerprint density at radius 1 is 1.22 bits per heavy atom. The van der Waals surface area contributed by atoms with Gasteiger partial charge >= 0.3 is 0 Å². The third-order valence-electron chi connectivity index (χ3n) is 3.28.